The maximum Gasteiger partial charge on any atom is 0.212 e. The van der Waals surface area contributed by atoms with Gasteiger partial charge in [0.2, 0.25) is 5.88 Å². The highest BCUT2D eigenvalue weighted by molar-refractivity contribution is 9.10. The zero-order valence-corrected chi connectivity index (χ0v) is 11.6. The first kappa shape index (κ1) is 12.7. The largest absolute Gasteiger partial charge is 0.481 e. The number of nitrogens with zero attached hydrogens (tertiary/aromatic N) is 1. The molecule has 0 unspecified atom stereocenters. The Balaban J connectivity index is 2.04. The van der Waals surface area contributed by atoms with Crippen molar-refractivity contribution in [3.8, 4) is 5.88 Å². The number of nitrogens with one attached hydrogen (secondary N) is 1. The Morgan fingerprint density at radius 1 is 1.33 bits per heavy atom. The highest BCUT2D eigenvalue weighted by Gasteiger charge is 2.00. The van der Waals surface area contributed by atoms with Crippen molar-refractivity contribution in [1.29, 1.82) is 0 Å². The van der Waals surface area contributed by atoms with E-state index in [2.05, 4.69) is 26.2 Å². The predicted octanol–water partition coefficient (Wildman–Crippen LogP) is 3.05. The highest BCUT2D eigenvalue weighted by atomic mass is 79.9. The molecule has 3 N–H and O–H groups in total. The van der Waals surface area contributed by atoms with E-state index in [4.69, 9.17) is 10.5 Å². The smallest absolute Gasteiger partial charge is 0.212 e. The second-order valence-electron chi connectivity index (χ2n) is 3.79. The summed E-state index contributed by atoms with van der Waals surface area (Å²) >= 11 is 3.42. The van der Waals surface area contributed by atoms with Crippen LogP contribution in [0.15, 0.2) is 41.0 Å². The average molecular weight is 308 g/mol. The number of anilines is 2. The van der Waals surface area contributed by atoms with Gasteiger partial charge in [-0.3, -0.25) is 0 Å². The number of hydrogen-bond acceptors (Lipinski definition) is 4. The minimum Gasteiger partial charge on any atom is -0.481 e. The van der Waals surface area contributed by atoms with E-state index in [0.717, 1.165) is 21.4 Å². The molecule has 0 fully saturated rings. The van der Waals surface area contributed by atoms with Gasteiger partial charge in [0.15, 0.2) is 0 Å². The van der Waals surface area contributed by atoms with Crippen LogP contribution in [0.3, 0.4) is 0 Å². The molecule has 1 aromatic heterocycles. The lowest BCUT2D eigenvalue weighted by molar-refractivity contribution is 0.397. The second-order valence-corrected chi connectivity index (χ2v) is 4.71. The van der Waals surface area contributed by atoms with Crippen LogP contribution in [0, 0.1) is 0 Å². The van der Waals surface area contributed by atoms with Crippen molar-refractivity contribution in [3.05, 3.63) is 46.6 Å². The molecule has 1 heterocycles. The number of ether oxygens (including phenoxy) is 1. The van der Waals surface area contributed by atoms with Crippen LogP contribution in [0.5, 0.6) is 5.88 Å². The fraction of sp³-hybridized carbons (Fsp3) is 0.154. The summed E-state index contributed by atoms with van der Waals surface area (Å²) in [6.45, 7) is 0.664. The molecule has 0 atom stereocenters. The third-order valence-corrected chi connectivity index (χ3v) is 3.00. The Bertz CT molecular complexity index is 528. The number of halogens is 1. The van der Waals surface area contributed by atoms with E-state index >= 15 is 0 Å². The fourth-order valence-corrected chi connectivity index (χ4v) is 1.88. The van der Waals surface area contributed by atoms with Gasteiger partial charge in [0, 0.05) is 23.3 Å². The van der Waals surface area contributed by atoms with Gasteiger partial charge in [-0.2, -0.15) is 0 Å². The zero-order chi connectivity index (χ0) is 13.0. The quantitative estimate of drug-likeness (QED) is 0.852. The summed E-state index contributed by atoms with van der Waals surface area (Å²) in [7, 11) is 1.60. The van der Waals surface area contributed by atoms with E-state index in [0.29, 0.717) is 12.4 Å². The SMILES string of the molecule is COc1ccc(CNc2cc(Br)ccc2N)cn1. The topological polar surface area (TPSA) is 60.2 Å². The van der Waals surface area contributed by atoms with Gasteiger partial charge in [-0.15, -0.1) is 0 Å². The second kappa shape index (κ2) is 5.73. The highest BCUT2D eigenvalue weighted by Crippen LogP contribution is 2.23. The molecule has 0 aliphatic carbocycles. The van der Waals surface area contributed by atoms with Crippen LogP contribution in [-0.4, -0.2) is 12.1 Å². The number of nitrogen functional groups attached to an aromatic ring is 1. The van der Waals surface area contributed by atoms with E-state index in [-0.39, 0.29) is 0 Å². The number of rotatable bonds is 4. The van der Waals surface area contributed by atoms with Gasteiger partial charge in [0.25, 0.3) is 0 Å². The minimum atomic E-state index is 0.612. The number of benzene rings is 1. The Kier molecular flexibility index (Phi) is 4.04. The maximum atomic E-state index is 5.88. The van der Waals surface area contributed by atoms with Gasteiger partial charge in [-0.05, 0) is 23.8 Å². The standard InChI is InChI=1S/C13H14BrN3O/c1-18-13-5-2-9(8-17-13)7-16-12-6-10(14)3-4-11(12)15/h2-6,8,16H,7,15H2,1H3. The molecule has 0 saturated heterocycles. The van der Waals surface area contributed by atoms with E-state index < -0.39 is 0 Å². The average Bonchev–Trinajstić information content (AvgIpc) is 2.40. The van der Waals surface area contributed by atoms with E-state index in [1.165, 1.54) is 0 Å². The molecule has 4 nitrogen and oxygen atoms in total. The molecule has 5 heteroatoms. The lowest BCUT2D eigenvalue weighted by Crippen LogP contribution is -2.03. The molecular formula is C13H14BrN3O. The lowest BCUT2D eigenvalue weighted by Gasteiger charge is -2.10. The third-order valence-electron chi connectivity index (χ3n) is 2.51. The van der Waals surface area contributed by atoms with Crippen molar-refractivity contribution < 1.29 is 4.74 Å². The van der Waals surface area contributed by atoms with Crippen molar-refractivity contribution in [1.82, 2.24) is 4.98 Å². The van der Waals surface area contributed by atoms with E-state index in [1.54, 1.807) is 13.3 Å². The summed E-state index contributed by atoms with van der Waals surface area (Å²) in [5, 5.41) is 3.27. The van der Waals surface area contributed by atoms with Gasteiger partial charge in [-0.25, -0.2) is 4.98 Å². The first-order valence-electron chi connectivity index (χ1n) is 5.47. The molecular weight excluding hydrogens is 294 g/mol. The predicted molar refractivity (Wildman–Crippen MR) is 76.7 cm³/mol. The molecule has 2 rings (SSSR count). The summed E-state index contributed by atoms with van der Waals surface area (Å²) in [6.07, 6.45) is 1.78. The van der Waals surface area contributed by atoms with Crippen LogP contribution in [0.2, 0.25) is 0 Å². The lowest BCUT2D eigenvalue weighted by atomic mass is 10.2. The summed E-state index contributed by atoms with van der Waals surface area (Å²) in [5.41, 5.74) is 8.57. The Morgan fingerprint density at radius 3 is 2.83 bits per heavy atom. The monoisotopic (exact) mass is 307 g/mol. The maximum absolute atomic E-state index is 5.88. The molecule has 0 aliphatic heterocycles. The van der Waals surface area contributed by atoms with Crippen molar-refractivity contribution >= 4 is 27.3 Å². The van der Waals surface area contributed by atoms with Gasteiger partial charge >= 0.3 is 0 Å². The van der Waals surface area contributed by atoms with Gasteiger partial charge in [0.1, 0.15) is 0 Å². The van der Waals surface area contributed by atoms with Crippen LogP contribution >= 0.6 is 15.9 Å². The molecule has 1 aromatic carbocycles. The summed E-state index contributed by atoms with van der Waals surface area (Å²) < 4.78 is 6.00. The molecule has 0 aliphatic rings. The molecule has 0 bridgehead atoms. The number of nitrogens with two attached hydrogens (primary N) is 1. The van der Waals surface area contributed by atoms with Crippen molar-refractivity contribution in [2.24, 2.45) is 0 Å². The van der Waals surface area contributed by atoms with Crippen LogP contribution in [-0.2, 0) is 6.54 Å². The minimum absolute atomic E-state index is 0.612. The number of hydrogen-bond donors (Lipinski definition) is 2. The normalized spacial score (nSPS) is 10.1. The van der Waals surface area contributed by atoms with Gasteiger partial charge < -0.3 is 15.8 Å². The van der Waals surface area contributed by atoms with Crippen LogP contribution in [0.25, 0.3) is 0 Å². The molecule has 0 saturated carbocycles. The third kappa shape index (κ3) is 3.13. The van der Waals surface area contributed by atoms with Crippen LogP contribution in [0.4, 0.5) is 11.4 Å². The number of aromatic nitrogens is 1. The van der Waals surface area contributed by atoms with Crippen LogP contribution < -0.4 is 15.8 Å². The van der Waals surface area contributed by atoms with Crippen molar-refractivity contribution in [2.75, 3.05) is 18.2 Å². The number of methoxy groups -OCH3 is 1. The first-order valence-corrected chi connectivity index (χ1v) is 6.26. The number of pyridine rings is 1. The molecule has 94 valence electrons. The summed E-state index contributed by atoms with van der Waals surface area (Å²) in [6, 6.07) is 9.52. The Labute approximate surface area is 114 Å². The van der Waals surface area contributed by atoms with Crippen molar-refractivity contribution in [2.45, 2.75) is 6.54 Å². The van der Waals surface area contributed by atoms with E-state index in [1.807, 2.05) is 30.3 Å². The van der Waals surface area contributed by atoms with E-state index in [9.17, 15) is 0 Å². The zero-order valence-electron chi connectivity index (χ0n) is 9.98. The first-order chi connectivity index (χ1) is 8.69. The Morgan fingerprint density at radius 2 is 2.17 bits per heavy atom. The molecule has 0 amide bonds. The summed E-state index contributed by atoms with van der Waals surface area (Å²) in [5.74, 6) is 0.612. The van der Waals surface area contributed by atoms with Crippen molar-refractivity contribution in [3.63, 3.8) is 0 Å². The summed E-state index contributed by atoms with van der Waals surface area (Å²) in [4.78, 5) is 4.15. The molecule has 18 heavy (non-hydrogen) atoms. The molecule has 0 spiro atoms. The van der Waals surface area contributed by atoms with Crippen LogP contribution in [0.1, 0.15) is 5.56 Å². The molecule has 0 radical (unpaired) electrons. The van der Waals surface area contributed by atoms with Gasteiger partial charge in [-0.1, -0.05) is 22.0 Å². The fourth-order valence-electron chi connectivity index (χ4n) is 1.52. The Hall–Kier alpha value is -1.75. The molecule has 2 aromatic rings. The van der Waals surface area contributed by atoms with Gasteiger partial charge in [0.05, 0.1) is 18.5 Å².